The minimum atomic E-state index is 0.711. The van der Waals surface area contributed by atoms with Crippen LogP contribution in [0.15, 0.2) is 185 Å². The maximum Gasteiger partial charge on any atom is 0.177 e. The fraction of sp³-hybridized carbons (Fsp3) is 0.444. The molecule has 91 heavy (non-hydrogen) atoms. The summed E-state index contributed by atoms with van der Waals surface area (Å²) in [7, 11) is 7.81. The number of hydrogen-bond donors (Lipinski definition) is 0. The van der Waals surface area contributed by atoms with Crippen LogP contribution in [0, 0.1) is 69.2 Å². The van der Waals surface area contributed by atoms with Gasteiger partial charge < -0.3 is 0 Å². The van der Waals surface area contributed by atoms with E-state index in [2.05, 4.69) is 131 Å². The van der Waals surface area contributed by atoms with E-state index >= 15 is 0 Å². The fourth-order valence-electron chi connectivity index (χ4n) is 4.51. The van der Waals surface area contributed by atoms with Gasteiger partial charge in [0.15, 0.2) is 42.5 Å². The van der Waals surface area contributed by atoms with E-state index in [0.717, 1.165) is 34.0 Å². The van der Waals surface area contributed by atoms with E-state index in [1.807, 2.05) is 264 Å². The first-order chi connectivity index (χ1) is 44.0. The second kappa shape index (κ2) is 85.2. The summed E-state index contributed by atoms with van der Waals surface area (Å²) >= 11 is 0. The smallest absolute Gasteiger partial charge is 0.177 e. The van der Waals surface area contributed by atoms with Gasteiger partial charge in [0.25, 0.3) is 0 Å². The first-order valence-corrected chi connectivity index (χ1v) is 31.9. The third kappa shape index (κ3) is 81.0. The topological polar surface area (TPSA) is 210 Å². The molecule has 0 saturated heterocycles. The van der Waals surface area contributed by atoms with Gasteiger partial charge in [0.1, 0.15) is 39.6 Å². The van der Waals surface area contributed by atoms with Gasteiger partial charge >= 0.3 is 0 Å². The Morgan fingerprint density at radius 3 is 1.15 bits per heavy atom. The van der Waals surface area contributed by atoms with Crippen molar-refractivity contribution in [1.82, 2.24) is 80.5 Å². The third-order valence-electron chi connectivity index (χ3n) is 8.40. The number of nitrogens with zero attached hydrogens (tertiary/aromatic N) is 19. The van der Waals surface area contributed by atoms with Crippen molar-refractivity contribution in [3.63, 3.8) is 0 Å². The van der Waals surface area contributed by atoms with Crippen LogP contribution in [0.4, 0.5) is 0 Å². The van der Waals surface area contributed by atoms with Crippen molar-refractivity contribution in [3.8, 4) is 0 Å². The van der Waals surface area contributed by atoms with Gasteiger partial charge in [0.2, 0.25) is 0 Å². The first-order valence-electron chi connectivity index (χ1n) is 31.9. The lowest BCUT2D eigenvalue weighted by Crippen LogP contribution is -2.30. The summed E-state index contributed by atoms with van der Waals surface area (Å²) in [5, 5.41) is 25.6. The monoisotopic (exact) mass is 1260 g/mol. The van der Waals surface area contributed by atoms with Gasteiger partial charge in [-0.2, -0.15) is 25.2 Å². The number of pyridine rings is 3. The molecule has 506 valence electrons. The number of aromatic nitrogens is 19. The Bertz CT molecular complexity index is 2450. The molecule has 0 radical (unpaired) electrons. The molecule has 10 heterocycles. The van der Waals surface area contributed by atoms with Crippen molar-refractivity contribution >= 4 is 0 Å². The SMILES string of the molecule is CC.CC.CC.CC.CC.CC.CC.CC.CC.Cc1cc[n+](C)cc1.Cc1ccc[n+](C)c1.Cc1cccc[n+]1C.Cc1cccnn1.Cc1ccncn1.Cc1ccnnc1.Cc1cnccn1.Cc1cncnc1.Cc1ncccn1.Cc1nnn(C)n1. The van der Waals surface area contributed by atoms with E-state index in [0.29, 0.717) is 5.82 Å². The number of tetrazole rings is 1. The maximum atomic E-state index is 3.92. The standard InChI is InChI=1S/3C7H10N.6C5H6N2.C3H6N4.9C2H6/c1-7-3-5-8(2)6-4-7;1-7-4-3-5-8(2)6-7;1-7-5-3-4-6-8(7)2;1-5-2-6-4-7-3-5;1-5-4-6-2-3-7-5;1-5-2-3-6-4-7-5;1-5-2-3-6-7-4-5;1-5-6-3-2-4-7-5;1-5-3-2-4-6-7-5;1-3-4-6-7(2)5-3;9*1-2/h3*3-6H,1-2H3;6*2-4H,1H3;1-2H3;9*1-2H3/q3*+1;;;;;;;;;;;;;;;;. The lowest BCUT2D eigenvalue weighted by Gasteiger charge is -1.87. The number of hydrogen-bond acceptors (Lipinski definition) is 15. The summed E-state index contributed by atoms with van der Waals surface area (Å²) in [5.41, 5.74) is 9.07. The highest BCUT2D eigenvalue weighted by atomic mass is 15.6. The summed E-state index contributed by atoms with van der Waals surface area (Å²) in [6.07, 6.45) is 32.1. The van der Waals surface area contributed by atoms with Crippen molar-refractivity contribution in [2.45, 2.75) is 194 Å². The van der Waals surface area contributed by atoms with Crippen molar-refractivity contribution < 1.29 is 13.7 Å². The minimum absolute atomic E-state index is 0.711. The van der Waals surface area contributed by atoms with Crippen LogP contribution in [0.25, 0.3) is 0 Å². The average Bonchev–Trinajstić information content (AvgIpc) is 4.07. The van der Waals surface area contributed by atoms with E-state index in [1.54, 1.807) is 88.2 Å². The van der Waals surface area contributed by atoms with Gasteiger partial charge in [-0.05, 0) is 121 Å². The van der Waals surface area contributed by atoms with E-state index in [4.69, 9.17) is 0 Å². The third-order valence-corrected chi connectivity index (χ3v) is 8.40. The average molecular weight is 1260 g/mol. The van der Waals surface area contributed by atoms with Gasteiger partial charge in [-0.25, -0.2) is 43.6 Å². The molecule has 0 aliphatic rings. The van der Waals surface area contributed by atoms with Crippen molar-refractivity contribution in [3.05, 3.63) is 241 Å². The molecule has 10 aromatic rings. The molecule has 0 bridgehead atoms. The molecule has 10 rings (SSSR count). The second-order valence-electron chi connectivity index (χ2n) is 15.6. The summed E-state index contributed by atoms with van der Waals surface area (Å²) in [6.45, 7) is 55.6. The molecule has 0 atom stereocenters. The van der Waals surface area contributed by atoms with E-state index < -0.39 is 0 Å². The van der Waals surface area contributed by atoms with Crippen LogP contribution in [0.5, 0.6) is 0 Å². The Balaban J connectivity index is -0.000000114. The van der Waals surface area contributed by atoms with Crippen LogP contribution in [0.1, 0.15) is 181 Å². The molecule has 0 unspecified atom stereocenters. The molecule has 0 amide bonds. The zero-order valence-electron chi connectivity index (χ0n) is 62.8. The summed E-state index contributed by atoms with van der Waals surface area (Å²) in [4.78, 5) is 32.0. The molecule has 10 aromatic heterocycles. The Hall–Kier alpha value is -9.00. The molecular formula is C72H126N19+3. The van der Waals surface area contributed by atoms with E-state index in [1.165, 1.54) is 34.3 Å². The van der Waals surface area contributed by atoms with E-state index in [-0.39, 0.29) is 0 Å². The zero-order valence-corrected chi connectivity index (χ0v) is 62.8. The highest BCUT2D eigenvalue weighted by Crippen LogP contribution is 1.90. The maximum absolute atomic E-state index is 3.92. The van der Waals surface area contributed by atoms with Crippen LogP contribution >= 0.6 is 0 Å². The lowest BCUT2D eigenvalue weighted by molar-refractivity contribution is -0.677. The summed E-state index contributed by atoms with van der Waals surface area (Å²) in [5.74, 6) is 1.53. The predicted molar refractivity (Wildman–Crippen MR) is 383 cm³/mol. The van der Waals surface area contributed by atoms with Gasteiger partial charge in [0, 0.05) is 110 Å². The molecule has 0 N–H and O–H groups in total. The van der Waals surface area contributed by atoms with Gasteiger partial charge in [-0.1, -0.05) is 131 Å². The largest absolute Gasteiger partial charge is 0.261 e. The van der Waals surface area contributed by atoms with Gasteiger partial charge in [0.05, 0.1) is 24.6 Å². The molecular weight excluding hydrogens is 1130 g/mol. The Kier molecular flexibility index (Phi) is 94.5. The van der Waals surface area contributed by atoms with Crippen LogP contribution < -0.4 is 13.7 Å². The molecule has 0 aromatic carbocycles. The Morgan fingerprint density at radius 2 is 0.912 bits per heavy atom. The fourth-order valence-corrected chi connectivity index (χ4v) is 4.51. The number of aryl methyl sites for hydroxylation is 14. The van der Waals surface area contributed by atoms with Crippen LogP contribution in [0.3, 0.4) is 0 Å². The molecule has 0 aliphatic carbocycles. The molecule has 0 saturated carbocycles. The Labute approximate surface area is 555 Å². The van der Waals surface area contributed by atoms with Crippen molar-refractivity contribution in [2.75, 3.05) is 0 Å². The first kappa shape index (κ1) is 101. The van der Waals surface area contributed by atoms with Crippen LogP contribution in [0.2, 0.25) is 0 Å². The Morgan fingerprint density at radius 1 is 0.330 bits per heavy atom. The molecule has 0 fully saturated rings. The lowest BCUT2D eigenvalue weighted by atomic mass is 10.3. The second-order valence-corrected chi connectivity index (χ2v) is 15.6. The molecule has 0 spiro atoms. The highest BCUT2D eigenvalue weighted by molar-refractivity contribution is 5.03. The van der Waals surface area contributed by atoms with E-state index in [9.17, 15) is 0 Å². The summed E-state index contributed by atoms with van der Waals surface area (Å²) < 4.78 is 6.14. The van der Waals surface area contributed by atoms with Crippen molar-refractivity contribution in [2.24, 2.45) is 28.2 Å². The van der Waals surface area contributed by atoms with Crippen molar-refractivity contribution in [1.29, 1.82) is 0 Å². The van der Waals surface area contributed by atoms with Crippen LogP contribution in [-0.2, 0) is 28.2 Å². The molecule has 19 nitrogen and oxygen atoms in total. The number of rotatable bonds is 0. The van der Waals surface area contributed by atoms with Gasteiger partial charge in [-0.3, -0.25) is 9.97 Å². The quantitative estimate of drug-likeness (QED) is 0.129. The summed E-state index contributed by atoms with van der Waals surface area (Å²) in [6, 6.07) is 23.8. The molecule has 19 heteroatoms. The van der Waals surface area contributed by atoms with Gasteiger partial charge in [-0.15, -0.1) is 10.2 Å². The minimum Gasteiger partial charge on any atom is -0.261 e. The molecule has 0 aliphatic heterocycles. The zero-order chi connectivity index (χ0) is 71.9. The predicted octanol–water partition coefficient (Wildman–Crippen LogP) is 15.9. The van der Waals surface area contributed by atoms with Crippen LogP contribution in [-0.4, -0.2) is 80.5 Å². The normalized spacial score (nSPS) is 7.78. The highest BCUT2D eigenvalue weighted by Gasteiger charge is 1.92.